The van der Waals surface area contributed by atoms with E-state index in [1.54, 1.807) is 0 Å². The molecule has 5 nitrogen and oxygen atoms in total. The van der Waals surface area contributed by atoms with Gasteiger partial charge in [0.2, 0.25) is 0 Å². The van der Waals surface area contributed by atoms with Crippen LogP contribution >= 0.6 is 12.4 Å². The summed E-state index contributed by atoms with van der Waals surface area (Å²) in [4.78, 5) is 15.9. The van der Waals surface area contributed by atoms with E-state index in [1.165, 1.54) is 0 Å². The average Bonchev–Trinajstić information content (AvgIpc) is 2.77. The van der Waals surface area contributed by atoms with Crippen molar-refractivity contribution in [1.29, 1.82) is 0 Å². The summed E-state index contributed by atoms with van der Waals surface area (Å²) >= 11 is 0. The average molecular weight is 250 g/mol. The topological polar surface area (TPSA) is 58.8 Å². The summed E-state index contributed by atoms with van der Waals surface area (Å²) in [5.41, 5.74) is 5.65. The molecule has 94 valence electrons. The summed E-state index contributed by atoms with van der Waals surface area (Å²) in [6.45, 7) is 4.19. The molecule has 2 N–H and O–H groups in total. The van der Waals surface area contributed by atoms with Crippen LogP contribution in [0.5, 0.6) is 0 Å². The highest BCUT2D eigenvalue weighted by Crippen LogP contribution is 2.18. The SMILES string of the molecule is Cl.NCC1CCCN1C(=O)N1CCOCC1. The molecule has 2 heterocycles. The van der Waals surface area contributed by atoms with Crippen molar-refractivity contribution in [3.05, 3.63) is 0 Å². The number of hydrogen-bond donors (Lipinski definition) is 1. The first-order chi connectivity index (χ1) is 7.33. The first kappa shape index (κ1) is 13.5. The molecule has 0 aromatic heterocycles. The summed E-state index contributed by atoms with van der Waals surface area (Å²) in [7, 11) is 0. The fourth-order valence-corrected chi connectivity index (χ4v) is 2.27. The molecule has 0 aliphatic carbocycles. The first-order valence-electron chi connectivity index (χ1n) is 5.66. The molecule has 1 atom stereocenters. The Balaban J connectivity index is 0.00000128. The van der Waals surface area contributed by atoms with E-state index >= 15 is 0 Å². The Labute approximate surface area is 102 Å². The van der Waals surface area contributed by atoms with Crippen LogP contribution in [0.3, 0.4) is 0 Å². The van der Waals surface area contributed by atoms with Crippen molar-refractivity contribution in [3.63, 3.8) is 0 Å². The van der Waals surface area contributed by atoms with Gasteiger partial charge >= 0.3 is 6.03 Å². The highest BCUT2D eigenvalue weighted by Gasteiger charge is 2.31. The number of rotatable bonds is 1. The Morgan fingerprint density at radius 2 is 2.00 bits per heavy atom. The molecule has 0 aromatic carbocycles. The highest BCUT2D eigenvalue weighted by atomic mass is 35.5. The van der Waals surface area contributed by atoms with E-state index in [9.17, 15) is 4.79 Å². The van der Waals surface area contributed by atoms with Crippen LogP contribution in [0.15, 0.2) is 0 Å². The maximum Gasteiger partial charge on any atom is 0.320 e. The number of carbonyl (C=O) groups is 1. The van der Waals surface area contributed by atoms with E-state index in [2.05, 4.69) is 0 Å². The summed E-state index contributed by atoms with van der Waals surface area (Å²) < 4.78 is 5.23. The molecule has 2 saturated heterocycles. The van der Waals surface area contributed by atoms with Gasteiger partial charge in [-0.25, -0.2) is 4.79 Å². The van der Waals surface area contributed by atoms with Gasteiger partial charge in [0, 0.05) is 32.2 Å². The quantitative estimate of drug-likeness (QED) is 0.727. The number of likely N-dealkylation sites (tertiary alicyclic amines) is 1. The molecular weight excluding hydrogens is 230 g/mol. The number of urea groups is 1. The second-order valence-electron chi connectivity index (χ2n) is 4.11. The lowest BCUT2D eigenvalue weighted by molar-refractivity contribution is 0.0425. The van der Waals surface area contributed by atoms with Gasteiger partial charge in [-0.3, -0.25) is 0 Å². The molecule has 0 saturated carbocycles. The van der Waals surface area contributed by atoms with E-state index < -0.39 is 0 Å². The lowest BCUT2D eigenvalue weighted by Crippen LogP contribution is -2.51. The zero-order valence-electron chi connectivity index (χ0n) is 9.43. The molecule has 2 aliphatic heterocycles. The number of nitrogens with zero attached hydrogens (tertiary/aromatic N) is 2. The highest BCUT2D eigenvalue weighted by molar-refractivity contribution is 5.85. The van der Waals surface area contributed by atoms with E-state index in [0.29, 0.717) is 32.8 Å². The molecule has 2 amide bonds. The summed E-state index contributed by atoms with van der Waals surface area (Å²) in [5, 5.41) is 0. The van der Waals surface area contributed by atoms with Crippen molar-refractivity contribution < 1.29 is 9.53 Å². The molecule has 2 aliphatic rings. The van der Waals surface area contributed by atoms with Crippen LogP contribution in [0.2, 0.25) is 0 Å². The molecule has 6 heteroatoms. The normalized spacial score (nSPS) is 25.4. The van der Waals surface area contributed by atoms with Gasteiger partial charge in [0.05, 0.1) is 13.2 Å². The van der Waals surface area contributed by atoms with Gasteiger partial charge in [-0.15, -0.1) is 12.4 Å². The van der Waals surface area contributed by atoms with Crippen LogP contribution in [0.25, 0.3) is 0 Å². The fourth-order valence-electron chi connectivity index (χ4n) is 2.27. The Kier molecular flexibility index (Phi) is 5.31. The zero-order valence-corrected chi connectivity index (χ0v) is 10.2. The molecule has 0 radical (unpaired) electrons. The van der Waals surface area contributed by atoms with E-state index in [0.717, 1.165) is 19.4 Å². The smallest absolute Gasteiger partial charge is 0.320 e. The minimum Gasteiger partial charge on any atom is -0.378 e. The van der Waals surface area contributed by atoms with Crippen LogP contribution in [0, 0.1) is 0 Å². The molecule has 1 unspecified atom stereocenters. The number of morpholine rings is 1. The van der Waals surface area contributed by atoms with E-state index in [1.807, 2.05) is 9.80 Å². The van der Waals surface area contributed by atoms with Gasteiger partial charge in [-0.1, -0.05) is 0 Å². The predicted molar refractivity (Wildman–Crippen MR) is 63.8 cm³/mol. The van der Waals surface area contributed by atoms with Crippen molar-refractivity contribution in [3.8, 4) is 0 Å². The number of carbonyl (C=O) groups excluding carboxylic acids is 1. The van der Waals surface area contributed by atoms with Crippen molar-refractivity contribution in [2.45, 2.75) is 18.9 Å². The Morgan fingerprint density at radius 1 is 1.31 bits per heavy atom. The fraction of sp³-hybridized carbons (Fsp3) is 0.900. The minimum absolute atomic E-state index is 0. The molecule has 2 rings (SSSR count). The molecule has 16 heavy (non-hydrogen) atoms. The third kappa shape index (κ3) is 2.78. The first-order valence-corrected chi connectivity index (χ1v) is 5.66. The van der Waals surface area contributed by atoms with Crippen molar-refractivity contribution in [1.82, 2.24) is 9.80 Å². The number of nitrogens with two attached hydrogens (primary N) is 1. The summed E-state index contributed by atoms with van der Waals surface area (Å²) in [6.07, 6.45) is 2.13. The van der Waals surface area contributed by atoms with E-state index in [-0.39, 0.29) is 24.5 Å². The van der Waals surface area contributed by atoms with Gasteiger partial charge in [0.1, 0.15) is 0 Å². The van der Waals surface area contributed by atoms with Gasteiger partial charge in [0.15, 0.2) is 0 Å². The minimum atomic E-state index is 0. The van der Waals surface area contributed by atoms with Crippen molar-refractivity contribution >= 4 is 18.4 Å². The van der Waals surface area contributed by atoms with Gasteiger partial charge in [0.25, 0.3) is 0 Å². The third-order valence-electron chi connectivity index (χ3n) is 3.18. The summed E-state index contributed by atoms with van der Waals surface area (Å²) in [6, 6.07) is 0.395. The van der Waals surface area contributed by atoms with Crippen molar-refractivity contribution in [2.75, 3.05) is 39.4 Å². The number of amides is 2. The van der Waals surface area contributed by atoms with Crippen LogP contribution in [-0.2, 0) is 4.74 Å². The molecular formula is C10H20ClN3O2. The monoisotopic (exact) mass is 249 g/mol. The lowest BCUT2D eigenvalue weighted by atomic mass is 10.2. The second kappa shape index (κ2) is 6.27. The van der Waals surface area contributed by atoms with Crippen molar-refractivity contribution in [2.24, 2.45) is 5.73 Å². The zero-order chi connectivity index (χ0) is 10.7. The van der Waals surface area contributed by atoms with Crippen LogP contribution in [0.1, 0.15) is 12.8 Å². The van der Waals surface area contributed by atoms with Gasteiger partial charge in [-0.05, 0) is 12.8 Å². The van der Waals surface area contributed by atoms with Crippen LogP contribution < -0.4 is 5.73 Å². The molecule has 2 fully saturated rings. The third-order valence-corrected chi connectivity index (χ3v) is 3.18. The van der Waals surface area contributed by atoms with Crippen LogP contribution in [-0.4, -0.2) is 61.3 Å². The van der Waals surface area contributed by atoms with Crippen LogP contribution in [0.4, 0.5) is 4.79 Å². The number of hydrogen-bond acceptors (Lipinski definition) is 3. The summed E-state index contributed by atoms with van der Waals surface area (Å²) in [5.74, 6) is 0. The molecule has 0 spiro atoms. The lowest BCUT2D eigenvalue weighted by Gasteiger charge is -2.33. The van der Waals surface area contributed by atoms with E-state index in [4.69, 9.17) is 10.5 Å². The predicted octanol–water partition coefficient (Wildman–Crippen LogP) is 0.283. The Morgan fingerprint density at radius 3 is 2.62 bits per heavy atom. The largest absolute Gasteiger partial charge is 0.378 e. The van der Waals surface area contributed by atoms with Gasteiger partial charge in [-0.2, -0.15) is 0 Å². The Bertz CT molecular complexity index is 234. The number of halogens is 1. The maximum absolute atomic E-state index is 12.1. The standard InChI is InChI=1S/C10H19N3O2.ClH/c11-8-9-2-1-3-13(9)10(14)12-4-6-15-7-5-12;/h9H,1-8,11H2;1H. The molecule has 0 aromatic rings. The second-order valence-corrected chi connectivity index (χ2v) is 4.11. The number of ether oxygens (including phenoxy) is 1. The maximum atomic E-state index is 12.1. The molecule has 0 bridgehead atoms. The van der Waals surface area contributed by atoms with Gasteiger partial charge < -0.3 is 20.3 Å². The Hall–Kier alpha value is -0.520.